The first-order valence-corrected chi connectivity index (χ1v) is 5.84. The van der Waals surface area contributed by atoms with Crippen LogP contribution in [0.5, 0.6) is 0 Å². The van der Waals surface area contributed by atoms with Gasteiger partial charge in [-0.25, -0.2) is 13.2 Å². The maximum atomic E-state index is 13.6. The lowest BCUT2D eigenvalue weighted by atomic mass is 10.0. The maximum Gasteiger partial charge on any atom is 0.146 e. The van der Waals surface area contributed by atoms with Gasteiger partial charge in [-0.15, -0.1) is 0 Å². The van der Waals surface area contributed by atoms with Gasteiger partial charge in [0.1, 0.15) is 17.5 Å². The van der Waals surface area contributed by atoms with Gasteiger partial charge in [0.15, 0.2) is 0 Å². The van der Waals surface area contributed by atoms with E-state index in [1.165, 1.54) is 36.5 Å². The fourth-order valence-electron chi connectivity index (χ4n) is 1.92. The van der Waals surface area contributed by atoms with Crippen molar-refractivity contribution in [2.24, 2.45) is 0 Å². The van der Waals surface area contributed by atoms with E-state index in [9.17, 15) is 13.2 Å². The normalized spacial score (nSPS) is 12.4. The third-order valence-electron chi connectivity index (χ3n) is 2.94. The van der Waals surface area contributed by atoms with E-state index in [1.807, 2.05) is 0 Å². The van der Waals surface area contributed by atoms with E-state index >= 15 is 0 Å². The Morgan fingerprint density at radius 2 is 1.68 bits per heavy atom. The molecule has 1 aromatic heterocycles. The molecule has 0 bridgehead atoms. The Morgan fingerprint density at radius 1 is 1.05 bits per heavy atom. The molecule has 0 aliphatic heterocycles. The van der Waals surface area contributed by atoms with Gasteiger partial charge in [0.05, 0.1) is 11.7 Å². The van der Waals surface area contributed by atoms with Crippen molar-refractivity contribution in [2.75, 3.05) is 7.05 Å². The van der Waals surface area contributed by atoms with Crippen LogP contribution >= 0.6 is 0 Å². The summed E-state index contributed by atoms with van der Waals surface area (Å²) in [4.78, 5) is 3.92. The van der Waals surface area contributed by atoms with E-state index in [-0.39, 0.29) is 17.7 Å². The van der Waals surface area contributed by atoms with Gasteiger partial charge < -0.3 is 5.32 Å². The fraction of sp³-hybridized carbons (Fsp3) is 0.214. The highest BCUT2D eigenvalue weighted by Crippen LogP contribution is 2.22. The SMILES string of the molecule is CNC(Cc1c(F)cccc1F)c1ncccc1F. The number of pyridine rings is 1. The summed E-state index contributed by atoms with van der Waals surface area (Å²) < 4.78 is 40.8. The van der Waals surface area contributed by atoms with Crippen LogP contribution in [0.1, 0.15) is 17.3 Å². The molecule has 1 heterocycles. The zero-order valence-electron chi connectivity index (χ0n) is 10.3. The average molecular weight is 266 g/mol. The summed E-state index contributed by atoms with van der Waals surface area (Å²) in [7, 11) is 1.59. The Morgan fingerprint density at radius 3 is 2.26 bits per heavy atom. The molecule has 0 radical (unpaired) electrons. The second kappa shape index (κ2) is 5.84. The molecule has 5 heteroatoms. The molecule has 0 spiro atoms. The van der Waals surface area contributed by atoms with Crippen LogP contribution in [0, 0.1) is 17.5 Å². The fourth-order valence-corrected chi connectivity index (χ4v) is 1.92. The Kier molecular flexibility index (Phi) is 4.16. The van der Waals surface area contributed by atoms with Gasteiger partial charge in [0.2, 0.25) is 0 Å². The van der Waals surface area contributed by atoms with Crippen LogP contribution in [0.25, 0.3) is 0 Å². The van der Waals surface area contributed by atoms with Crippen molar-refractivity contribution >= 4 is 0 Å². The van der Waals surface area contributed by atoms with Crippen LogP contribution in [0.15, 0.2) is 36.5 Å². The molecule has 100 valence electrons. The van der Waals surface area contributed by atoms with E-state index in [2.05, 4.69) is 10.3 Å². The molecule has 2 rings (SSSR count). The zero-order valence-corrected chi connectivity index (χ0v) is 10.3. The van der Waals surface area contributed by atoms with Crippen molar-refractivity contribution in [3.8, 4) is 0 Å². The van der Waals surface area contributed by atoms with Crippen molar-refractivity contribution in [3.63, 3.8) is 0 Å². The number of likely N-dealkylation sites (N-methyl/N-ethyl adjacent to an activating group) is 1. The summed E-state index contributed by atoms with van der Waals surface area (Å²) in [6.07, 6.45) is 1.43. The summed E-state index contributed by atoms with van der Waals surface area (Å²) >= 11 is 0. The third kappa shape index (κ3) is 2.93. The number of hydrogen-bond acceptors (Lipinski definition) is 2. The van der Waals surface area contributed by atoms with Gasteiger partial charge in [-0.2, -0.15) is 0 Å². The predicted octanol–water partition coefficient (Wildman–Crippen LogP) is 3.00. The molecule has 19 heavy (non-hydrogen) atoms. The maximum absolute atomic E-state index is 13.6. The highest BCUT2D eigenvalue weighted by Gasteiger charge is 2.19. The van der Waals surface area contributed by atoms with Crippen LogP contribution in [0.2, 0.25) is 0 Å². The van der Waals surface area contributed by atoms with Gasteiger partial charge in [-0.05, 0) is 37.7 Å². The van der Waals surface area contributed by atoms with Crippen molar-refractivity contribution in [1.82, 2.24) is 10.3 Å². The van der Waals surface area contributed by atoms with Crippen LogP contribution < -0.4 is 5.32 Å². The lowest BCUT2D eigenvalue weighted by Crippen LogP contribution is -2.22. The smallest absolute Gasteiger partial charge is 0.146 e. The summed E-state index contributed by atoms with van der Waals surface area (Å²) in [5, 5.41) is 2.83. The minimum atomic E-state index is -0.642. The number of benzene rings is 1. The number of nitrogens with zero attached hydrogens (tertiary/aromatic N) is 1. The van der Waals surface area contributed by atoms with Crippen molar-refractivity contribution in [2.45, 2.75) is 12.5 Å². The molecule has 0 fully saturated rings. The number of halogens is 3. The van der Waals surface area contributed by atoms with Crippen molar-refractivity contribution in [1.29, 1.82) is 0 Å². The molecular weight excluding hydrogens is 253 g/mol. The molecule has 2 aromatic rings. The van der Waals surface area contributed by atoms with Gasteiger partial charge in [0.25, 0.3) is 0 Å². The summed E-state index contributed by atoms with van der Waals surface area (Å²) in [6.45, 7) is 0. The highest BCUT2D eigenvalue weighted by atomic mass is 19.1. The van der Waals surface area contributed by atoms with E-state index in [4.69, 9.17) is 0 Å². The van der Waals surface area contributed by atoms with E-state index < -0.39 is 23.5 Å². The Bertz CT molecular complexity index is 552. The molecule has 1 unspecified atom stereocenters. The lowest BCUT2D eigenvalue weighted by Gasteiger charge is -2.17. The van der Waals surface area contributed by atoms with Crippen LogP contribution in [-0.4, -0.2) is 12.0 Å². The molecule has 0 aliphatic carbocycles. The molecule has 1 N–H and O–H groups in total. The quantitative estimate of drug-likeness (QED) is 0.920. The van der Waals surface area contributed by atoms with E-state index in [0.717, 1.165) is 0 Å². The number of nitrogens with one attached hydrogen (secondary N) is 1. The summed E-state index contributed by atoms with van der Waals surface area (Å²) in [6, 6.07) is 5.80. The Hall–Kier alpha value is -1.88. The van der Waals surface area contributed by atoms with Crippen LogP contribution in [-0.2, 0) is 6.42 Å². The summed E-state index contributed by atoms with van der Waals surface area (Å²) in [5.74, 6) is -1.79. The Labute approximate surface area is 109 Å². The van der Waals surface area contributed by atoms with E-state index in [1.54, 1.807) is 7.05 Å². The van der Waals surface area contributed by atoms with E-state index in [0.29, 0.717) is 0 Å². The molecule has 0 saturated carbocycles. The largest absolute Gasteiger partial charge is 0.311 e. The number of hydrogen-bond donors (Lipinski definition) is 1. The topological polar surface area (TPSA) is 24.9 Å². The number of rotatable bonds is 4. The van der Waals surface area contributed by atoms with Crippen molar-refractivity contribution < 1.29 is 13.2 Å². The highest BCUT2D eigenvalue weighted by molar-refractivity contribution is 5.23. The van der Waals surface area contributed by atoms with Gasteiger partial charge in [-0.3, -0.25) is 4.98 Å². The first-order chi connectivity index (χ1) is 9.13. The van der Waals surface area contributed by atoms with Crippen LogP contribution in [0.3, 0.4) is 0 Å². The summed E-state index contributed by atoms with van der Waals surface area (Å²) in [5.41, 5.74) is 0.0690. The monoisotopic (exact) mass is 266 g/mol. The predicted molar refractivity (Wildman–Crippen MR) is 66.1 cm³/mol. The molecule has 0 amide bonds. The van der Waals surface area contributed by atoms with Gasteiger partial charge in [-0.1, -0.05) is 6.07 Å². The minimum Gasteiger partial charge on any atom is -0.311 e. The second-order valence-corrected chi connectivity index (χ2v) is 4.12. The molecule has 1 aromatic carbocycles. The first kappa shape index (κ1) is 13.5. The van der Waals surface area contributed by atoms with Crippen molar-refractivity contribution in [3.05, 3.63) is 65.2 Å². The first-order valence-electron chi connectivity index (χ1n) is 5.84. The molecule has 1 atom stereocenters. The Balaban J connectivity index is 2.32. The lowest BCUT2D eigenvalue weighted by molar-refractivity contribution is 0.486. The molecule has 0 aliphatic rings. The molecule has 2 nitrogen and oxygen atoms in total. The van der Waals surface area contributed by atoms with Crippen LogP contribution in [0.4, 0.5) is 13.2 Å². The van der Waals surface area contributed by atoms with Gasteiger partial charge in [0, 0.05) is 11.8 Å². The zero-order chi connectivity index (χ0) is 13.8. The number of aromatic nitrogens is 1. The molecular formula is C14H13F3N2. The second-order valence-electron chi connectivity index (χ2n) is 4.12. The third-order valence-corrected chi connectivity index (χ3v) is 2.94. The molecule has 0 saturated heterocycles. The standard InChI is InChI=1S/C14H13F3N2/c1-18-13(14-12(17)6-3-7-19-14)8-9-10(15)4-2-5-11(9)16/h2-7,13,18H,8H2,1H3. The van der Waals surface area contributed by atoms with Gasteiger partial charge >= 0.3 is 0 Å². The average Bonchev–Trinajstić information content (AvgIpc) is 2.40. The minimum absolute atomic E-state index is 0.0110.